The van der Waals surface area contributed by atoms with E-state index in [1.807, 2.05) is 0 Å². The molecule has 1 fully saturated rings. The molecule has 1 aliphatic rings. The third kappa shape index (κ3) is 3.45. The smallest absolute Gasteiger partial charge is 0.125 e. The Morgan fingerprint density at radius 3 is 2.74 bits per heavy atom. The number of likely N-dealkylation sites (tertiary alicyclic amines) is 1. The average molecular weight is 265 g/mol. The predicted molar refractivity (Wildman–Crippen MR) is 77.4 cm³/mol. The Morgan fingerprint density at radius 1 is 1.37 bits per heavy atom. The fourth-order valence-electron chi connectivity index (χ4n) is 2.94. The quantitative estimate of drug-likeness (QED) is 0.829. The van der Waals surface area contributed by atoms with E-state index in [4.69, 9.17) is 5.73 Å². The van der Waals surface area contributed by atoms with Crippen molar-refractivity contribution < 1.29 is 4.39 Å². The van der Waals surface area contributed by atoms with Gasteiger partial charge in [0.2, 0.25) is 0 Å². The molecule has 2 rings (SSSR count). The zero-order valence-corrected chi connectivity index (χ0v) is 11.9. The summed E-state index contributed by atoms with van der Waals surface area (Å²) in [5, 5.41) is 0. The van der Waals surface area contributed by atoms with Crippen molar-refractivity contribution in [1.29, 1.82) is 0 Å². The summed E-state index contributed by atoms with van der Waals surface area (Å²) in [7, 11) is 0. The normalized spacial score (nSPS) is 20.3. The molecule has 1 unspecified atom stereocenters. The molecule has 19 heavy (non-hydrogen) atoms. The third-order valence-electron chi connectivity index (χ3n) is 4.08. The van der Waals surface area contributed by atoms with Crippen LogP contribution in [0.2, 0.25) is 0 Å². The van der Waals surface area contributed by atoms with Crippen molar-refractivity contribution in [2.45, 2.75) is 32.9 Å². The first-order valence-corrected chi connectivity index (χ1v) is 7.14. The fraction of sp³-hybridized carbons (Fsp3) is 0.600. The van der Waals surface area contributed by atoms with Crippen LogP contribution in [0.5, 0.6) is 0 Å². The van der Waals surface area contributed by atoms with E-state index < -0.39 is 0 Å². The number of rotatable bonds is 5. The van der Waals surface area contributed by atoms with E-state index in [0.717, 1.165) is 38.3 Å². The molecule has 106 valence electrons. The Kier molecular flexibility index (Phi) is 4.77. The van der Waals surface area contributed by atoms with Gasteiger partial charge < -0.3 is 5.73 Å². The first-order chi connectivity index (χ1) is 9.13. The van der Waals surface area contributed by atoms with Crippen LogP contribution in [0, 0.1) is 5.82 Å². The van der Waals surface area contributed by atoms with Crippen molar-refractivity contribution in [1.82, 2.24) is 9.80 Å². The average Bonchev–Trinajstić information content (AvgIpc) is 2.83. The maximum atomic E-state index is 13.0. The Balaban J connectivity index is 1.94. The molecule has 1 aliphatic heterocycles. The van der Waals surface area contributed by atoms with Crippen LogP contribution in [0.4, 0.5) is 10.1 Å². The van der Waals surface area contributed by atoms with E-state index in [-0.39, 0.29) is 5.82 Å². The second-order valence-corrected chi connectivity index (χ2v) is 5.24. The van der Waals surface area contributed by atoms with Crippen molar-refractivity contribution in [3.8, 4) is 0 Å². The van der Waals surface area contributed by atoms with E-state index in [0.29, 0.717) is 11.7 Å². The van der Waals surface area contributed by atoms with Crippen molar-refractivity contribution in [2.24, 2.45) is 0 Å². The molecule has 4 heteroatoms. The number of nitrogens with zero attached hydrogens (tertiary/aromatic N) is 2. The van der Waals surface area contributed by atoms with E-state index in [2.05, 4.69) is 23.6 Å². The minimum absolute atomic E-state index is 0.260. The standard InChI is InChI=1S/C15H24FN3/c1-3-19(4-2)14-7-8-18(11-14)10-12-5-6-13(16)9-15(12)17/h5-6,9,14H,3-4,7-8,10-11,17H2,1-2H3. The number of hydrogen-bond donors (Lipinski definition) is 1. The highest BCUT2D eigenvalue weighted by molar-refractivity contribution is 5.46. The maximum Gasteiger partial charge on any atom is 0.125 e. The first-order valence-electron chi connectivity index (χ1n) is 7.14. The van der Waals surface area contributed by atoms with Gasteiger partial charge in [0.15, 0.2) is 0 Å². The Morgan fingerprint density at radius 2 is 2.11 bits per heavy atom. The molecule has 0 aromatic heterocycles. The molecule has 0 bridgehead atoms. The molecule has 2 N–H and O–H groups in total. The molecule has 1 heterocycles. The lowest BCUT2D eigenvalue weighted by atomic mass is 10.1. The van der Waals surface area contributed by atoms with Gasteiger partial charge in [-0.05, 0) is 37.2 Å². The van der Waals surface area contributed by atoms with Gasteiger partial charge in [0.1, 0.15) is 5.82 Å². The van der Waals surface area contributed by atoms with Crippen LogP contribution >= 0.6 is 0 Å². The highest BCUT2D eigenvalue weighted by atomic mass is 19.1. The van der Waals surface area contributed by atoms with Crippen molar-refractivity contribution in [3.05, 3.63) is 29.6 Å². The number of likely N-dealkylation sites (N-methyl/N-ethyl adjacent to an activating group) is 1. The van der Waals surface area contributed by atoms with Crippen LogP contribution in [0.15, 0.2) is 18.2 Å². The third-order valence-corrected chi connectivity index (χ3v) is 4.08. The molecule has 1 atom stereocenters. The van der Waals surface area contributed by atoms with Gasteiger partial charge in [0.25, 0.3) is 0 Å². The zero-order chi connectivity index (χ0) is 13.8. The highest BCUT2D eigenvalue weighted by Crippen LogP contribution is 2.21. The molecule has 0 aliphatic carbocycles. The molecular weight excluding hydrogens is 241 g/mol. The van der Waals surface area contributed by atoms with Gasteiger partial charge in [0.05, 0.1) is 0 Å². The number of halogens is 1. The first kappa shape index (κ1) is 14.3. The van der Waals surface area contributed by atoms with Crippen molar-refractivity contribution >= 4 is 5.69 Å². The van der Waals surface area contributed by atoms with Gasteiger partial charge in [-0.25, -0.2) is 4.39 Å². The van der Waals surface area contributed by atoms with Gasteiger partial charge in [-0.2, -0.15) is 0 Å². The lowest BCUT2D eigenvalue weighted by molar-refractivity contribution is 0.209. The summed E-state index contributed by atoms with van der Waals surface area (Å²) in [6.07, 6.45) is 1.21. The zero-order valence-electron chi connectivity index (χ0n) is 11.9. The second-order valence-electron chi connectivity index (χ2n) is 5.24. The van der Waals surface area contributed by atoms with Gasteiger partial charge in [0, 0.05) is 31.4 Å². The van der Waals surface area contributed by atoms with Gasteiger partial charge in [-0.1, -0.05) is 19.9 Å². The van der Waals surface area contributed by atoms with Gasteiger partial charge in [-0.3, -0.25) is 9.80 Å². The van der Waals surface area contributed by atoms with E-state index in [1.54, 1.807) is 6.07 Å². The van der Waals surface area contributed by atoms with E-state index in [9.17, 15) is 4.39 Å². The number of nitrogens with two attached hydrogens (primary N) is 1. The summed E-state index contributed by atoms with van der Waals surface area (Å²) in [4.78, 5) is 4.92. The molecule has 0 radical (unpaired) electrons. The Bertz CT molecular complexity index is 418. The largest absolute Gasteiger partial charge is 0.398 e. The summed E-state index contributed by atoms with van der Waals surface area (Å²) in [6.45, 7) is 9.63. The SMILES string of the molecule is CCN(CC)C1CCN(Cc2ccc(F)cc2N)C1. The summed E-state index contributed by atoms with van der Waals surface area (Å²) in [5.74, 6) is -0.260. The number of benzene rings is 1. The summed E-state index contributed by atoms with van der Waals surface area (Å²) in [6, 6.07) is 5.35. The number of anilines is 1. The summed E-state index contributed by atoms with van der Waals surface area (Å²) >= 11 is 0. The van der Waals surface area contributed by atoms with E-state index in [1.165, 1.54) is 18.6 Å². The van der Waals surface area contributed by atoms with Crippen LogP contribution in [-0.2, 0) is 6.54 Å². The van der Waals surface area contributed by atoms with Crippen molar-refractivity contribution in [3.63, 3.8) is 0 Å². The minimum atomic E-state index is -0.260. The van der Waals surface area contributed by atoms with Crippen LogP contribution < -0.4 is 5.73 Å². The Labute approximate surface area is 115 Å². The maximum absolute atomic E-state index is 13.0. The van der Waals surface area contributed by atoms with Gasteiger partial charge >= 0.3 is 0 Å². The molecule has 0 saturated carbocycles. The second kappa shape index (κ2) is 6.35. The van der Waals surface area contributed by atoms with Crippen LogP contribution in [0.3, 0.4) is 0 Å². The van der Waals surface area contributed by atoms with Crippen molar-refractivity contribution in [2.75, 3.05) is 31.9 Å². The molecule has 0 spiro atoms. The molecular formula is C15H24FN3. The summed E-state index contributed by atoms with van der Waals surface area (Å²) < 4.78 is 13.0. The minimum Gasteiger partial charge on any atom is -0.398 e. The Hall–Kier alpha value is -1.13. The topological polar surface area (TPSA) is 32.5 Å². The molecule has 1 aromatic carbocycles. The molecule has 1 saturated heterocycles. The monoisotopic (exact) mass is 265 g/mol. The molecule has 0 amide bonds. The summed E-state index contributed by atoms with van der Waals surface area (Å²) in [5.41, 5.74) is 7.46. The number of hydrogen-bond acceptors (Lipinski definition) is 3. The predicted octanol–water partition coefficient (Wildman–Crippen LogP) is 2.32. The molecule has 3 nitrogen and oxygen atoms in total. The van der Waals surface area contributed by atoms with Crippen LogP contribution in [0.25, 0.3) is 0 Å². The van der Waals surface area contributed by atoms with Crippen LogP contribution in [-0.4, -0.2) is 42.0 Å². The van der Waals surface area contributed by atoms with Gasteiger partial charge in [-0.15, -0.1) is 0 Å². The lowest BCUT2D eigenvalue weighted by Crippen LogP contribution is -2.37. The molecule has 1 aromatic rings. The van der Waals surface area contributed by atoms with Crippen LogP contribution in [0.1, 0.15) is 25.8 Å². The fourth-order valence-corrected chi connectivity index (χ4v) is 2.94. The van der Waals surface area contributed by atoms with E-state index >= 15 is 0 Å². The highest BCUT2D eigenvalue weighted by Gasteiger charge is 2.26. The number of nitrogen functional groups attached to an aromatic ring is 1. The lowest BCUT2D eigenvalue weighted by Gasteiger charge is -2.26.